The van der Waals surface area contributed by atoms with Crippen LogP contribution in [0.15, 0.2) is 30.3 Å². The second-order valence-electron chi connectivity index (χ2n) is 2.82. The predicted molar refractivity (Wildman–Crippen MR) is 49.9 cm³/mol. The Balaban J connectivity index is 2.24. The van der Waals surface area contributed by atoms with Gasteiger partial charge in [-0.3, -0.25) is 4.84 Å². The van der Waals surface area contributed by atoms with Crippen molar-refractivity contribution in [2.45, 2.75) is 19.6 Å². The van der Waals surface area contributed by atoms with Crippen LogP contribution in [-0.2, 0) is 16.2 Å². The van der Waals surface area contributed by atoms with Crippen molar-refractivity contribution in [2.75, 3.05) is 0 Å². The molecule has 0 bridgehead atoms. The molecule has 3 heteroatoms. The van der Waals surface area contributed by atoms with Crippen LogP contribution in [0, 0.1) is 0 Å². The van der Waals surface area contributed by atoms with Crippen LogP contribution >= 0.6 is 0 Å². The molecule has 0 saturated heterocycles. The molecule has 0 aromatic heterocycles. The summed E-state index contributed by atoms with van der Waals surface area (Å²) < 4.78 is 0. The van der Waals surface area contributed by atoms with Crippen molar-refractivity contribution in [3.63, 3.8) is 0 Å². The van der Waals surface area contributed by atoms with Gasteiger partial charge < -0.3 is 4.79 Å². The smallest absolute Gasteiger partial charge is 0.138 e. The van der Waals surface area contributed by atoms with E-state index in [1.54, 1.807) is 6.92 Å². The van der Waals surface area contributed by atoms with Crippen molar-refractivity contribution >= 4 is 6.29 Å². The van der Waals surface area contributed by atoms with Gasteiger partial charge in [0.15, 0.2) is 0 Å². The number of hydroxylamine groups is 1. The SMILES string of the molecule is CC(C=O)NOCc1ccccc1. The van der Waals surface area contributed by atoms with Gasteiger partial charge in [0.1, 0.15) is 6.29 Å². The summed E-state index contributed by atoms with van der Waals surface area (Å²) in [5, 5.41) is 0. The lowest BCUT2D eigenvalue weighted by atomic mass is 10.2. The Hall–Kier alpha value is -1.19. The van der Waals surface area contributed by atoms with Crippen molar-refractivity contribution in [3.8, 4) is 0 Å². The Labute approximate surface area is 77.7 Å². The molecule has 0 aliphatic heterocycles. The predicted octanol–water partition coefficient (Wildman–Crippen LogP) is 1.30. The van der Waals surface area contributed by atoms with E-state index >= 15 is 0 Å². The van der Waals surface area contributed by atoms with E-state index in [-0.39, 0.29) is 6.04 Å². The molecule has 0 saturated carbocycles. The molecular formula is C10H13NO2. The largest absolute Gasteiger partial charge is 0.302 e. The summed E-state index contributed by atoms with van der Waals surface area (Å²) >= 11 is 0. The first-order chi connectivity index (χ1) is 6.33. The molecule has 0 aliphatic rings. The second-order valence-corrected chi connectivity index (χ2v) is 2.82. The van der Waals surface area contributed by atoms with E-state index < -0.39 is 0 Å². The molecule has 0 amide bonds. The van der Waals surface area contributed by atoms with Crippen molar-refractivity contribution in [3.05, 3.63) is 35.9 Å². The Morgan fingerprint density at radius 3 is 2.77 bits per heavy atom. The number of rotatable bonds is 5. The highest BCUT2D eigenvalue weighted by molar-refractivity contribution is 5.56. The maximum Gasteiger partial charge on any atom is 0.138 e. The first-order valence-corrected chi connectivity index (χ1v) is 4.19. The molecule has 0 heterocycles. The first kappa shape index (κ1) is 9.89. The van der Waals surface area contributed by atoms with Crippen LogP contribution in [-0.4, -0.2) is 12.3 Å². The fourth-order valence-corrected chi connectivity index (χ4v) is 0.858. The van der Waals surface area contributed by atoms with Gasteiger partial charge >= 0.3 is 0 Å². The van der Waals surface area contributed by atoms with E-state index in [0.717, 1.165) is 11.8 Å². The van der Waals surface area contributed by atoms with Gasteiger partial charge in [0.25, 0.3) is 0 Å². The van der Waals surface area contributed by atoms with Crippen LogP contribution < -0.4 is 5.48 Å². The van der Waals surface area contributed by atoms with Crippen LogP contribution in [0.1, 0.15) is 12.5 Å². The zero-order chi connectivity index (χ0) is 9.52. The maximum absolute atomic E-state index is 10.2. The van der Waals surface area contributed by atoms with Gasteiger partial charge in [0.2, 0.25) is 0 Å². The van der Waals surface area contributed by atoms with Gasteiger partial charge in [0.05, 0.1) is 12.6 Å². The number of hydrogen-bond acceptors (Lipinski definition) is 3. The number of hydrogen-bond donors (Lipinski definition) is 1. The molecule has 0 spiro atoms. The average molecular weight is 179 g/mol. The fraction of sp³-hybridized carbons (Fsp3) is 0.300. The topological polar surface area (TPSA) is 38.3 Å². The minimum absolute atomic E-state index is 0.260. The van der Waals surface area contributed by atoms with Crippen LogP contribution in [0.4, 0.5) is 0 Å². The number of nitrogens with one attached hydrogen (secondary N) is 1. The molecule has 0 fully saturated rings. The van der Waals surface area contributed by atoms with E-state index in [2.05, 4.69) is 5.48 Å². The van der Waals surface area contributed by atoms with Gasteiger partial charge in [-0.1, -0.05) is 30.3 Å². The van der Waals surface area contributed by atoms with E-state index in [9.17, 15) is 4.79 Å². The molecule has 1 aromatic rings. The van der Waals surface area contributed by atoms with Gasteiger partial charge in [-0.05, 0) is 12.5 Å². The number of carbonyl (C=O) groups excluding carboxylic acids is 1. The van der Waals surface area contributed by atoms with Crippen molar-refractivity contribution in [1.29, 1.82) is 0 Å². The average Bonchev–Trinajstić information content (AvgIpc) is 2.19. The quantitative estimate of drug-likeness (QED) is 0.547. The molecular weight excluding hydrogens is 166 g/mol. The molecule has 0 aliphatic carbocycles. The summed E-state index contributed by atoms with van der Waals surface area (Å²) in [6.07, 6.45) is 0.797. The Bertz CT molecular complexity index is 248. The molecule has 1 N–H and O–H groups in total. The molecule has 1 rings (SSSR count). The zero-order valence-electron chi connectivity index (χ0n) is 7.57. The third-order valence-electron chi connectivity index (χ3n) is 1.56. The number of carbonyl (C=O) groups is 1. The third kappa shape index (κ3) is 3.83. The summed E-state index contributed by atoms with van der Waals surface area (Å²) in [5.41, 5.74) is 3.69. The van der Waals surface area contributed by atoms with E-state index in [1.165, 1.54) is 0 Å². The monoisotopic (exact) mass is 179 g/mol. The lowest BCUT2D eigenvalue weighted by molar-refractivity contribution is -0.113. The van der Waals surface area contributed by atoms with Crippen molar-refractivity contribution in [2.24, 2.45) is 0 Å². The molecule has 1 atom stereocenters. The third-order valence-corrected chi connectivity index (χ3v) is 1.56. The lowest BCUT2D eigenvalue weighted by Crippen LogP contribution is -2.27. The van der Waals surface area contributed by atoms with Crippen LogP contribution in [0.5, 0.6) is 0 Å². The summed E-state index contributed by atoms with van der Waals surface area (Å²) in [6, 6.07) is 9.51. The van der Waals surface area contributed by atoms with Crippen LogP contribution in [0.2, 0.25) is 0 Å². The number of benzene rings is 1. The van der Waals surface area contributed by atoms with Gasteiger partial charge in [0, 0.05) is 0 Å². The molecule has 70 valence electrons. The van der Waals surface area contributed by atoms with E-state index in [4.69, 9.17) is 4.84 Å². The van der Waals surface area contributed by atoms with Gasteiger partial charge in [-0.25, -0.2) is 0 Å². The fourth-order valence-electron chi connectivity index (χ4n) is 0.858. The summed E-state index contributed by atoms with van der Waals surface area (Å²) in [7, 11) is 0. The van der Waals surface area contributed by atoms with Crippen LogP contribution in [0.3, 0.4) is 0 Å². The van der Waals surface area contributed by atoms with E-state index in [1.807, 2.05) is 30.3 Å². The highest BCUT2D eigenvalue weighted by atomic mass is 16.6. The van der Waals surface area contributed by atoms with Gasteiger partial charge in [-0.15, -0.1) is 0 Å². The maximum atomic E-state index is 10.2. The molecule has 1 unspecified atom stereocenters. The Morgan fingerprint density at radius 1 is 1.46 bits per heavy atom. The molecule has 3 nitrogen and oxygen atoms in total. The van der Waals surface area contributed by atoms with Crippen LogP contribution in [0.25, 0.3) is 0 Å². The molecule has 1 aromatic carbocycles. The van der Waals surface area contributed by atoms with Gasteiger partial charge in [-0.2, -0.15) is 5.48 Å². The minimum Gasteiger partial charge on any atom is -0.302 e. The van der Waals surface area contributed by atoms with E-state index in [0.29, 0.717) is 6.61 Å². The van der Waals surface area contributed by atoms with Crippen molar-refractivity contribution in [1.82, 2.24) is 5.48 Å². The Kier molecular flexibility index (Phi) is 4.15. The molecule has 13 heavy (non-hydrogen) atoms. The minimum atomic E-state index is -0.260. The first-order valence-electron chi connectivity index (χ1n) is 4.19. The summed E-state index contributed by atoms with van der Waals surface area (Å²) in [4.78, 5) is 15.3. The highest BCUT2D eigenvalue weighted by Gasteiger charge is 1.97. The van der Waals surface area contributed by atoms with Crippen molar-refractivity contribution < 1.29 is 9.63 Å². The second kappa shape index (κ2) is 5.45. The lowest BCUT2D eigenvalue weighted by Gasteiger charge is -2.07. The highest BCUT2D eigenvalue weighted by Crippen LogP contribution is 1.98. The Morgan fingerprint density at radius 2 is 2.15 bits per heavy atom. The summed E-state index contributed by atoms with van der Waals surface area (Å²) in [5.74, 6) is 0. The number of aldehydes is 1. The zero-order valence-corrected chi connectivity index (χ0v) is 7.57. The standard InChI is InChI=1S/C10H13NO2/c1-9(7-12)11-13-8-10-5-3-2-4-6-10/h2-7,9,11H,8H2,1H3. The molecule has 0 radical (unpaired) electrons. The normalized spacial score (nSPS) is 12.4. The summed E-state index contributed by atoms with van der Waals surface area (Å²) in [6.45, 7) is 2.21.